The van der Waals surface area contributed by atoms with Crippen molar-refractivity contribution in [3.63, 3.8) is 0 Å². The Kier molecular flexibility index (Phi) is 16.2. The Bertz CT molecular complexity index is 297. The first-order valence-corrected chi connectivity index (χ1v) is 14.8. The van der Waals surface area contributed by atoms with Gasteiger partial charge in [0, 0.05) is 0 Å². The summed E-state index contributed by atoms with van der Waals surface area (Å²) in [7, 11) is 0. The second-order valence-electron chi connectivity index (χ2n) is 11.5. The smallest absolute Gasteiger partial charge is 0.0412 e. The Morgan fingerprint density at radius 1 is 0.367 bits per heavy atom. The highest BCUT2D eigenvalue weighted by molar-refractivity contribution is 4.70. The minimum atomic E-state index is 0.964. The Morgan fingerprint density at radius 2 is 0.567 bits per heavy atom. The van der Waals surface area contributed by atoms with Gasteiger partial charge in [0.25, 0.3) is 0 Å². The van der Waals surface area contributed by atoms with Crippen LogP contribution >= 0.6 is 0 Å². The fourth-order valence-electron chi connectivity index (χ4n) is 6.55. The van der Waals surface area contributed by atoms with Crippen molar-refractivity contribution in [3.8, 4) is 0 Å². The Balaban J connectivity index is 1.74. The largest absolute Gasteiger partial charge is 0.0625 e. The van der Waals surface area contributed by atoms with Crippen molar-refractivity contribution in [2.75, 3.05) is 0 Å². The molecule has 178 valence electrons. The molecule has 0 saturated heterocycles. The topological polar surface area (TPSA) is 0 Å². The van der Waals surface area contributed by atoms with Crippen LogP contribution in [0.4, 0.5) is 0 Å². The molecule has 2 fully saturated rings. The molecule has 0 heteroatoms. The normalized spacial score (nSPS) is 24.6. The predicted octanol–water partition coefficient (Wildman–Crippen LogP) is 11.0. The maximum absolute atomic E-state index is 2.61. The van der Waals surface area contributed by atoms with Gasteiger partial charge in [0.2, 0.25) is 0 Å². The van der Waals surface area contributed by atoms with Crippen molar-refractivity contribution >= 4 is 0 Å². The van der Waals surface area contributed by atoms with Gasteiger partial charge in [0.05, 0.1) is 0 Å². The van der Waals surface area contributed by atoms with E-state index in [4.69, 9.17) is 0 Å². The van der Waals surface area contributed by atoms with Crippen LogP contribution in [-0.4, -0.2) is 0 Å². The molecule has 30 heavy (non-hydrogen) atoms. The van der Waals surface area contributed by atoms with Gasteiger partial charge in [0.15, 0.2) is 0 Å². The summed E-state index contributed by atoms with van der Waals surface area (Å²) in [5.74, 6) is 3.04. The first kappa shape index (κ1) is 26.3. The predicted molar refractivity (Wildman–Crippen MR) is 136 cm³/mol. The fraction of sp³-hybridized carbons (Fsp3) is 1.00. The molecule has 0 unspecified atom stereocenters. The second-order valence-corrected chi connectivity index (χ2v) is 11.5. The lowest BCUT2D eigenvalue weighted by Crippen LogP contribution is -2.12. The van der Waals surface area contributed by atoms with Gasteiger partial charge in [-0.15, -0.1) is 0 Å². The molecule has 2 aliphatic carbocycles. The van der Waals surface area contributed by atoms with Crippen molar-refractivity contribution < 1.29 is 0 Å². The van der Waals surface area contributed by atoms with Crippen LogP contribution in [0, 0.1) is 17.8 Å². The van der Waals surface area contributed by atoms with Gasteiger partial charge in [-0.1, -0.05) is 161 Å². The van der Waals surface area contributed by atoms with Gasteiger partial charge >= 0.3 is 0 Å². The number of hydrogen-bond acceptors (Lipinski definition) is 0. The number of rotatable bonds is 4. The third-order valence-corrected chi connectivity index (χ3v) is 8.42. The molecule has 0 nitrogen and oxygen atoms in total. The van der Waals surface area contributed by atoms with E-state index in [2.05, 4.69) is 6.92 Å². The molecule has 0 spiro atoms. The average molecular weight is 419 g/mol. The van der Waals surface area contributed by atoms with Crippen LogP contribution in [0.5, 0.6) is 0 Å². The monoisotopic (exact) mass is 418 g/mol. The van der Waals surface area contributed by atoms with E-state index in [0.29, 0.717) is 0 Å². The zero-order chi connectivity index (χ0) is 21.1. The molecule has 0 N–H and O–H groups in total. The number of hydrogen-bond donors (Lipinski definition) is 0. The molecular weight excluding hydrogens is 360 g/mol. The molecule has 0 aliphatic heterocycles. The van der Waals surface area contributed by atoms with Crippen LogP contribution in [-0.2, 0) is 0 Å². The van der Waals surface area contributed by atoms with Gasteiger partial charge in [-0.05, 0) is 30.6 Å². The molecule has 2 saturated carbocycles. The van der Waals surface area contributed by atoms with Gasteiger partial charge < -0.3 is 0 Å². The Hall–Kier alpha value is 0. The third-order valence-electron chi connectivity index (χ3n) is 8.42. The van der Waals surface area contributed by atoms with Gasteiger partial charge in [-0.2, -0.15) is 0 Å². The zero-order valence-electron chi connectivity index (χ0n) is 21.1. The third kappa shape index (κ3) is 14.1. The van der Waals surface area contributed by atoms with E-state index in [1.54, 1.807) is 0 Å². The summed E-state index contributed by atoms with van der Waals surface area (Å²) in [4.78, 5) is 0. The molecule has 0 aromatic heterocycles. The zero-order valence-corrected chi connectivity index (χ0v) is 21.1. The highest BCUT2D eigenvalue weighted by Gasteiger charge is 2.18. The van der Waals surface area contributed by atoms with Crippen molar-refractivity contribution in [1.82, 2.24) is 0 Å². The maximum atomic E-state index is 2.61. The van der Waals surface area contributed by atoms with E-state index in [9.17, 15) is 0 Å². The Morgan fingerprint density at radius 3 is 0.800 bits per heavy atom. The summed E-state index contributed by atoms with van der Waals surface area (Å²) in [5, 5.41) is 0. The molecule has 0 amide bonds. The van der Waals surface area contributed by atoms with Crippen LogP contribution in [0.15, 0.2) is 0 Å². The average Bonchev–Trinajstić information content (AvgIpc) is 2.78. The Labute approximate surface area is 191 Å². The minimum absolute atomic E-state index is 0.964. The van der Waals surface area contributed by atoms with E-state index in [1.807, 2.05) is 0 Å². The SMILES string of the molecule is CC(CC1CCCCCCCCCCCC1)CC1CCCCCCCCCCCC1. The summed E-state index contributed by atoms with van der Waals surface area (Å²) in [6.45, 7) is 2.61. The minimum Gasteiger partial charge on any atom is -0.0625 e. The van der Waals surface area contributed by atoms with Gasteiger partial charge in [0.1, 0.15) is 0 Å². The molecule has 0 heterocycles. The molecular formula is C30H58. The first-order chi connectivity index (χ1) is 14.8. The molecule has 0 bridgehead atoms. The van der Waals surface area contributed by atoms with E-state index in [1.165, 1.54) is 167 Å². The maximum Gasteiger partial charge on any atom is -0.0412 e. The summed E-state index contributed by atoms with van der Waals surface area (Å²) < 4.78 is 0. The first-order valence-electron chi connectivity index (χ1n) is 14.8. The van der Waals surface area contributed by atoms with Crippen LogP contribution in [0.1, 0.15) is 174 Å². The highest BCUT2D eigenvalue weighted by Crippen LogP contribution is 2.32. The van der Waals surface area contributed by atoms with Crippen LogP contribution in [0.3, 0.4) is 0 Å². The van der Waals surface area contributed by atoms with Crippen molar-refractivity contribution in [3.05, 3.63) is 0 Å². The van der Waals surface area contributed by atoms with Gasteiger partial charge in [-0.25, -0.2) is 0 Å². The summed E-state index contributed by atoms with van der Waals surface area (Å²) in [6.07, 6.45) is 39.3. The molecule has 0 atom stereocenters. The molecule has 0 aromatic rings. The summed E-state index contributed by atoms with van der Waals surface area (Å²) >= 11 is 0. The lowest BCUT2D eigenvalue weighted by Gasteiger charge is -2.25. The van der Waals surface area contributed by atoms with Crippen molar-refractivity contribution in [2.24, 2.45) is 17.8 Å². The molecule has 2 aliphatic rings. The highest BCUT2D eigenvalue weighted by atomic mass is 14.2. The quantitative estimate of drug-likeness (QED) is 0.425. The van der Waals surface area contributed by atoms with Crippen molar-refractivity contribution in [2.45, 2.75) is 174 Å². The lowest BCUT2D eigenvalue weighted by molar-refractivity contribution is 0.269. The molecule has 0 radical (unpaired) electrons. The second kappa shape index (κ2) is 18.6. The molecule has 2 rings (SSSR count). The van der Waals surface area contributed by atoms with Crippen LogP contribution in [0.25, 0.3) is 0 Å². The standard InChI is InChI=1S/C30H58/c1-28(26-29-22-18-14-10-6-2-3-7-11-15-19-23-29)27-30-24-20-16-12-8-4-5-9-13-17-21-25-30/h28-30H,2-27H2,1H3. The van der Waals surface area contributed by atoms with E-state index < -0.39 is 0 Å². The lowest BCUT2D eigenvalue weighted by atomic mass is 9.81. The fourth-order valence-corrected chi connectivity index (χ4v) is 6.55. The van der Waals surface area contributed by atoms with Crippen molar-refractivity contribution in [1.29, 1.82) is 0 Å². The van der Waals surface area contributed by atoms with Crippen LogP contribution < -0.4 is 0 Å². The van der Waals surface area contributed by atoms with E-state index in [-0.39, 0.29) is 0 Å². The van der Waals surface area contributed by atoms with Crippen LogP contribution in [0.2, 0.25) is 0 Å². The molecule has 0 aromatic carbocycles. The summed E-state index contributed by atoms with van der Waals surface area (Å²) in [6, 6.07) is 0. The van der Waals surface area contributed by atoms with E-state index >= 15 is 0 Å². The van der Waals surface area contributed by atoms with Gasteiger partial charge in [-0.3, -0.25) is 0 Å². The summed E-state index contributed by atoms with van der Waals surface area (Å²) in [5.41, 5.74) is 0. The van der Waals surface area contributed by atoms with E-state index in [0.717, 1.165) is 17.8 Å².